The van der Waals surface area contributed by atoms with Gasteiger partial charge in [-0.15, -0.1) is 0 Å². The summed E-state index contributed by atoms with van der Waals surface area (Å²) in [7, 11) is 0. The predicted molar refractivity (Wildman–Crippen MR) is 89.1 cm³/mol. The first-order chi connectivity index (χ1) is 11.0. The van der Waals surface area contributed by atoms with Gasteiger partial charge in [0.15, 0.2) is 0 Å². The van der Waals surface area contributed by atoms with Crippen LogP contribution in [0.15, 0.2) is 42.5 Å². The van der Waals surface area contributed by atoms with Gasteiger partial charge in [0.2, 0.25) is 5.91 Å². The van der Waals surface area contributed by atoms with Gasteiger partial charge in [-0.1, -0.05) is 24.3 Å². The van der Waals surface area contributed by atoms with Crippen molar-refractivity contribution in [2.24, 2.45) is 0 Å². The molecule has 0 heterocycles. The molecule has 2 aromatic carbocycles. The van der Waals surface area contributed by atoms with Crippen molar-refractivity contribution < 1.29 is 13.9 Å². The molecule has 0 aliphatic carbocycles. The monoisotopic (exact) mass is 315 g/mol. The summed E-state index contributed by atoms with van der Waals surface area (Å²) >= 11 is 0. The van der Waals surface area contributed by atoms with Crippen LogP contribution in [0, 0.1) is 19.7 Å². The third-order valence-electron chi connectivity index (χ3n) is 3.58. The van der Waals surface area contributed by atoms with Crippen LogP contribution in [0.2, 0.25) is 0 Å². The number of aryl methyl sites for hydroxylation is 3. The largest absolute Gasteiger partial charge is 0.491 e. The lowest BCUT2D eigenvalue weighted by Crippen LogP contribution is -2.28. The summed E-state index contributed by atoms with van der Waals surface area (Å²) in [4.78, 5) is 11.8. The van der Waals surface area contributed by atoms with Gasteiger partial charge in [0, 0.05) is 6.42 Å². The number of amides is 1. The van der Waals surface area contributed by atoms with Crippen molar-refractivity contribution in [1.29, 1.82) is 0 Å². The van der Waals surface area contributed by atoms with Gasteiger partial charge in [0.1, 0.15) is 18.2 Å². The van der Waals surface area contributed by atoms with Gasteiger partial charge in [-0.05, 0) is 55.2 Å². The minimum absolute atomic E-state index is 0.0288. The van der Waals surface area contributed by atoms with E-state index in [0.717, 1.165) is 22.4 Å². The molecule has 1 N–H and O–H groups in total. The molecule has 2 rings (SSSR count). The van der Waals surface area contributed by atoms with Gasteiger partial charge in [-0.25, -0.2) is 4.39 Å². The summed E-state index contributed by atoms with van der Waals surface area (Å²) in [6.45, 7) is 4.92. The molecule has 0 fully saturated rings. The van der Waals surface area contributed by atoms with Crippen molar-refractivity contribution in [2.45, 2.75) is 26.7 Å². The topological polar surface area (TPSA) is 38.3 Å². The number of hydrogen-bond donors (Lipinski definition) is 1. The minimum atomic E-state index is -0.262. The van der Waals surface area contributed by atoms with Gasteiger partial charge in [-0.3, -0.25) is 4.79 Å². The van der Waals surface area contributed by atoms with Crippen molar-refractivity contribution in [1.82, 2.24) is 5.32 Å². The summed E-state index contributed by atoms with van der Waals surface area (Å²) in [5.41, 5.74) is 3.18. The van der Waals surface area contributed by atoms with Crippen molar-refractivity contribution in [3.63, 3.8) is 0 Å². The molecule has 0 saturated carbocycles. The predicted octanol–water partition coefficient (Wildman–Crippen LogP) is 3.57. The van der Waals surface area contributed by atoms with Crippen LogP contribution in [0.5, 0.6) is 5.75 Å². The smallest absolute Gasteiger partial charge is 0.220 e. The highest BCUT2D eigenvalue weighted by atomic mass is 19.1. The van der Waals surface area contributed by atoms with Gasteiger partial charge in [-0.2, -0.15) is 0 Å². The molecule has 0 aliphatic heterocycles. The third-order valence-corrected chi connectivity index (χ3v) is 3.58. The van der Waals surface area contributed by atoms with Crippen LogP contribution in [0.4, 0.5) is 4.39 Å². The summed E-state index contributed by atoms with van der Waals surface area (Å²) in [6, 6.07) is 12.3. The van der Waals surface area contributed by atoms with Crippen LogP contribution >= 0.6 is 0 Å². The number of benzene rings is 2. The van der Waals surface area contributed by atoms with E-state index in [4.69, 9.17) is 4.74 Å². The molecule has 0 saturated heterocycles. The Morgan fingerprint density at radius 3 is 2.61 bits per heavy atom. The Morgan fingerprint density at radius 2 is 1.87 bits per heavy atom. The Balaban J connectivity index is 1.66. The van der Waals surface area contributed by atoms with E-state index in [1.165, 1.54) is 12.1 Å². The second kappa shape index (κ2) is 8.32. The van der Waals surface area contributed by atoms with Crippen LogP contribution in [-0.4, -0.2) is 19.1 Å². The summed E-state index contributed by atoms with van der Waals surface area (Å²) in [6.07, 6.45) is 0.985. The molecule has 0 atom stereocenters. The standard InChI is InChI=1S/C19H22FNO2/c1-14-3-4-15(2)18(13-14)23-12-11-21-19(22)10-7-16-5-8-17(20)9-6-16/h3-6,8-9,13H,7,10-12H2,1-2H3,(H,21,22). The molecule has 0 spiro atoms. The number of nitrogens with one attached hydrogen (secondary N) is 1. The van der Waals surface area contributed by atoms with Crippen molar-refractivity contribution in [3.05, 3.63) is 65.0 Å². The molecule has 1 amide bonds. The lowest BCUT2D eigenvalue weighted by Gasteiger charge is -2.10. The molecular formula is C19H22FNO2. The van der Waals surface area contributed by atoms with Crippen LogP contribution in [0.3, 0.4) is 0 Å². The van der Waals surface area contributed by atoms with Crippen LogP contribution in [0.25, 0.3) is 0 Å². The Labute approximate surface area is 136 Å². The molecule has 0 aliphatic rings. The van der Waals surface area contributed by atoms with E-state index in [-0.39, 0.29) is 11.7 Å². The highest BCUT2D eigenvalue weighted by Crippen LogP contribution is 2.18. The summed E-state index contributed by atoms with van der Waals surface area (Å²) in [5.74, 6) is 0.561. The fourth-order valence-corrected chi connectivity index (χ4v) is 2.21. The first-order valence-corrected chi connectivity index (χ1v) is 7.76. The van der Waals surface area contributed by atoms with Gasteiger partial charge >= 0.3 is 0 Å². The van der Waals surface area contributed by atoms with Crippen LogP contribution in [-0.2, 0) is 11.2 Å². The lowest BCUT2D eigenvalue weighted by atomic mass is 10.1. The van der Waals surface area contributed by atoms with Gasteiger partial charge < -0.3 is 10.1 Å². The summed E-state index contributed by atoms with van der Waals surface area (Å²) in [5, 5.41) is 2.83. The Hall–Kier alpha value is -2.36. The molecule has 0 aromatic heterocycles. The first-order valence-electron chi connectivity index (χ1n) is 7.76. The average Bonchev–Trinajstić information content (AvgIpc) is 2.54. The van der Waals surface area contributed by atoms with E-state index in [0.29, 0.717) is 26.0 Å². The quantitative estimate of drug-likeness (QED) is 0.793. The van der Waals surface area contributed by atoms with E-state index in [1.54, 1.807) is 12.1 Å². The number of carbonyl (C=O) groups is 1. The third kappa shape index (κ3) is 5.74. The zero-order valence-corrected chi connectivity index (χ0v) is 13.6. The van der Waals surface area contributed by atoms with Crippen LogP contribution in [0.1, 0.15) is 23.1 Å². The van der Waals surface area contributed by atoms with E-state index in [1.807, 2.05) is 32.0 Å². The number of ether oxygens (including phenoxy) is 1. The Kier molecular flexibility index (Phi) is 6.15. The molecule has 0 radical (unpaired) electrons. The molecular weight excluding hydrogens is 293 g/mol. The fraction of sp³-hybridized carbons (Fsp3) is 0.316. The Bertz CT molecular complexity index is 653. The van der Waals surface area contributed by atoms with Gasteiger partial charge in [0.25, 0.3) is 0 Å². The molecule has 0 bridgehead atoms. The second-order valence-corrected chi connectivity index (χ2v) is 5.59. The normalized spacial score (nSPS) is 10.4. The molecule has 3 nitrogen and oxygen atoms in total. The molecule has 0 unspecified atom stereocenters. The van der Waals surface area contributed by atoms with Crippen LogP contribution < -0.4 is 10.1 Å². The molecule has 122 valence electrons. The highest BCUT2D eigenvalue weighted by molar-refractivity contribution is 5.76. The fourth-order valence-electron chi connectivity index (χ4n) is 2.21. The van der Waals surface area contributed by atoms with Gasteiger partial charge in [0.05, 0.1) is 6.54 Å². The second-order valence-electron chi connectivity index (χ2n) is 5.59. The number of hydrogen-bond acceptors (Lipinski definition) is 2. The van der Waals surface area contributed by atoms with E-state index in [2.05, 4.69) is 5.32 Å². The van der Waals surface area contributed by atoms with Crippen molar-refractivity contribution >= 4 is 5.91 Å². The zero-order chi connectivity index (χ0) is 16.7. The number of rotatable bonds is 7. The van der Waals surface area contributed by atoms with Crippen molar-refractivity contribution in [2.75, 3.05) is 13.2 Å². The SMILES string of the molecule is Cc1ccc(C)c(OCCNC(=O)CCc2ccc(F)cc2)c1. The van der Waals surface area contributed by atoms with Crippen molar-refractivity contribution in [3.8, 4) is 5.75 Å². The average molecular weight is 315 g/mol. The zero-order valence-electron chi connectivity index (χ0n) is 13.6. The summed E-state index contributed by atoms with van der Waals surface area (Å²) < 4.78 is 18.5. The maximum absolute atomic E-state index is 12.8. The van der Waals surface area contributed by atoms with E-state index in [9.17, 15) is 9.18 Å². The lowest BCUT2D eigenvalue weighted by molar-refractivity contribution is -0.121. The molecule has 2 aromatic rings. The number of halogens is 1. The maximum Gasteiger partial charge on any atom is 0.220 e. The molecule has 4 heteroatoms. The van der Waals surface area contributed by atoms with E-state index >= 15 is 0 Å². The Morgan fingerprint density at radius 1 is 1.13 bits per heavy atom. The first kappa shape index (κ1) is 17.0. The van der Waals surface area contributed by atoms with E-state index < -0.39 is 0 Å². The molecule has 23 heavy (non-hydrogen) atoms. The maximum atomic E-state index is 12.8. The highest BCUT2D eigenvalue weighted by Gasteiger charge is 2.03. The minimum Gasteiger partial charge on any atom is -0.491 e. The number of carbonyl (C=O) groups excluding carboxylic acids is 1.